The zero-order valence-electron chi connectivity index (χ0n) is 15.5. The zero-order chi connectivity index (χ0) is 21.8. The summed E-state index contributed by atoms with van der Waals surface area (Å²) in [5.41, 5.74) is 6.54. The summed E-state index contributed by atoms with van der Waals surface area (Å²) in [4.78, 5) is 25.8. The van der Waals surface area contributed by atoms with E-state index in [-0.39, 0.29) is 17.1 Å². The minimum absolute atomic E-state index is 0.136. The van der Waals surface area contributed by atoms with Gasteiger partial charge in [0.2, 0.25) is 5.82 Å². The number of aromatic carboxylic acids is 1. The first-order chi connectivity index (χ1) is 14.3. The molecule has 4 N–H and O–H groups in total. The number of aryl methyl sites for hydroxylation is 1. The molecule has 0 aliphatic rings. The lowest BCUT2D eigenvalue weighted by atomic mass is 10.0. The van der Waals surface area contributed by atoms with Gasteiger partial charge in [0.05, 0.1) is 10.5 Å². The van der Waals surface area contributed by atoms with Crippen LogP contribution >= 0.6 is 23.2 Å². The van der Waals surface area contributed by atoms with E-state index in [0.717, 1.165) is 0 Å². The normalized spacial score (nSPS) is 10.7. The van der Waals surface area contributed by atoms with E-state index in [0.29, 0.717) is 46.5 Å². The van der Waals surface area contributed by atoms with Crippen molar-refractivity contribution in [3.8, 4) is 11.1 Å². The van der Waals surface area contributed by atoms with Crippen LogP contribution in [0.5, 0.6) is 0 Å². The molecule has 0 atom stereocenters. The number of pyridine rings is 1. The first-order valence-electron chi connectivity index (χ1n) is 8.79. The molecule has 0 unspecified atom stereocenters. The molecule has 0 amide bonds. The van der Waals surface area contributed by atoms with Gasteiger partial charge < -0.3 is 20.7 Å². The van der Waals surface area contributed by atoms with E-state index in [1.807, 2.05) is 0 Å². The Labute approximate surface area is 181 Å². The number of hydrogen-bond donors (Lipinski definition) is 3. The number of anilines is 2. The fourth-order valence-electron chi connectivity index (χ4n) is 2.93. The third kappa shape index (κ3) is 4.81. The number of nitrogen functional groups attached to an aromatic ring is 1. The Bertz CT molecular complexity index is 1120. The number of benzene rings is 1. The molecule has 0 radical (unpaired) electrons. The zero-order valence-corrected chi connectivity index (χ0v) is 17.0. The number of aromatic nitrogens is 2. The number of halogens is 2. The van der Waals surface area contributed by atoms with E-state index < -0.39 is 10.9 Å². The number of rotatable bonds is 8. The van der Waals surface area contributed by atoms with E-state index in [9.17, 15) is 20.0 Å². The molecule has 3 rings (SSSR count). The second kappa shape index (κ2) is 9.02. The van der Waals surface area contributed by atoms with Crippen LogP contribution in [0.2, 0.25) is 10.0 Å². The van der Waals surface area contributed by atoms with Crippen LogP contribution in [0.3, 0.4) is 0 Å². The predicted molar refractivity (Wildman–Crippen MR) is 115 cm³/mol. The molecule has 9 nitrogen and oxygen atoms in total. The van der Waals surface area contributed by atoms with Crippen molar-refractivity contribution in [3.63, 3.8) is 0 Å². The second-order valence-electron chi connectivity index (χ2n) is 6.39. The number of carboxylic acid groups (broad SMARTS) is 1. The van der Waals surface area contributed by atoms with Gasteiger partial charge in [-0.1, -0.05) is 29.3 Å². The van der Waals surface area contributed by atoms with Crippen molar-refractivity contribution in [2.24, 2.45) is 0 Å². The summed E-state index contributed by atoms with van der Waals surface area (Å²) in [6, 6.07) is 7.67. The Morgan fingerprint density at radius 3 is 2.63 bits per heavy atom. The standard InChI is InChI=1S/C19H17Cl2N5O4/c20-11-2-3-12(15(21)8-11)13-9-25(10-14(13)19(27)28)7-1-6-23-17-5-4-16(26(29)30)18(22)24-17/h2-5,8-10H,1,6-7H2,(H,27,28)(H3,22,23,24). The van der Waals surface area contributed by atoms with Crippen LogP contribution in [-0.2, 0) is 6.54 Å². The van der Waals surface area contributed by atoms with Gasteiger partial charge in [0, 0.05) is 52.7 Å². The van der Waals surface area contributed by atoms with Crippen molar-refractivity contribution < 1.29 is 14.8 Å². The van der Waals surface area contributed by atoms with Gasteiger partial charge in [-0.15, -0.1) is 0 Å². The van der Waals surface area contributed by atoms with Crippen LogP contribution in [0, 0.1) is 10.1 Å². The molecule has 2 heterocycles. The molecule has 0 aliphatic carbocycles. The molecule has 2 aromatic heterocycles. The first kappa shape index (κ1) is 21.4. The summed E-state index contributed by atoms with van der Waals surface area (Å²) in [7, 11) is 0. The minimum atomic E-state index is -1.06. The first-order valence-corrected chi connectivity index (χ1v) is 9.55. The third-order valence-electron chi connectivity index (χ3n) is 4.33. The van der Waals surface area contributed by atoms with Crippen molar-refractivity contribution in [2.75, 3.05) is 17.6 Å². The Kier molecular flexibility index (Phi) is 6.43. The lowest BCUT2D eigenvalue weighted by Crippen LogP contribution is -2.08. The molecule has 0 fully saturated rings. The summed E-state index contributed by atoms with van der Waals surface area (Å²) >= 11 is 12.2. The van der Waals surface area contributed by atoms with Crippen LogP contribution < -0.4 is 11.1 Å². The van der Waals surface area contributed by atoms with Gasteiger partial charge in [0.1, 0.15) is 5.82 Å². The van der Waals surface area contributed by atoms with E-state index >= 15 is 0 Å². The largest absolute Gasteiger partial charge is 0.478 e. The second-order valence-corrected chi connectivity index (χ2v) is 7.23. The number of nitro groups is 1. The Morgan fingerprint density at radius 1 is 1.23 bits per heavy atom. The van der Waals surface area contributed by atoms with Gasteiger partial charge in [0.25, 0.3) is 0 Å². The highest BCUT2D eigenvalue weighted by Crippen LogP contribution is 2.33. The molecule has 0 bridgehead atoms. The molecule has 0 saturated carbocycles. The third-order valence-corrected chi connectivity index (χ3v) is 4.88. The Balaban J connectivity index is 1.67. The van der Waals surface area contributed by atoms with Gasteiger partial charge in [-0.25, -0.2) is 9.78 Å². The fraction of sp³-hybridized carbons (Fsp3) is 0.158. The average molecular weight is 450 g/mol. The number of carboxylic acids is 1. The van der Waals surface area contributed by atoms with Crippen LogP contribution in [0.25, 0.3) is 11.1 Å². The van der Waals surface area contributed by atoms with Crippen molar-refractivity contribution >= 4 is 46.5 Å². The monoisotopic (exact) mass is 449 g/mol. The number of nitrogens with one attached hydrogen (secondary N) is 1. The maximum Gasteiger partial charge on any atom is 0.337 e. The highest BCUT2D eigenvalue weighted by atomic mass is 35.5. The van der Waals surface area contributed by atoms with Gasteiger partial charge in [-0.3, -0.25) is 10.1 Å². The smallest absolute Gasteiger partial charge is 0.337 e. The lowest BCUT2D eigenvalue weighted by Gasteiger charge is -2.07. The van der Waals surface area contributed by atoms with Crippen LogP contribution in [-0.4, -0.2) is 32.1 Å². The molecule has 0 aliphatic heterocycles. The van der Waals surface area contributed by atoms with Crippen LogP contribution in [0.4, 0.5) is 17.3 Å². The molecule has 156 valence electrons. The van der Waals surface area contributed by atoms with E-state index in [2.05, 4.69) is 10.3 Å². The number of hydrogen-bond acceptors (Lipinski definition) is 6. The van der Waals surface area contributed by atoms with E-state index in [1.54, 1.807) is 35.2 Å². The maximum atomic E-state index is 11.6. The summed E-state index contributed by atoms with van der Waals surface area (Å²) < 4.78 is 1.77. The lowest BCUT2D eigenvalue weighted by molar-refractivity contribution is -0.384. The van der Waals surface area contributed by atoms with E-state index in [1.165, 1.54) is 12.1 Å². The molecule has 0 saturated heterocycles. The highest BCUT2D eigenvalue weighted by molar-refractivity contribution is 6.36. The van der Waals surface area contributed by atoms with Gasteiger partial charge in [-0.05, 0) is 24.6 Å². The van der Waals surface area contributed by atoms with Gasteiger partial charge in [0.15, 0.2) is 0 Å². The maximum absolute atomic E-state index is 11.6. The van der Waals surface area contributed by atoms with E-state index in [4.69, 9.17) is 28.9 Å². The summed E-state index contributed by atoms with van der Waals surface area (Å²) in [6.45, 7) is 1.03. The minimum Gasteiger partial charge on any atom is -0.478 e. The van der Waals surface area contributed by atoms with Gasteiger partial charge >= 0.3 is 11.7 Å². The number of nitrogens with two attached hydrogens (primary N) is 1. The summed E-state index contributed by atoms with van der Waals surface area (Å²) in [5.74, 6) is -0.796. The SMILES string of the molecule is Nc1nc(NCCCn2cc(C(=O)O)c(-c3ccc(Cl)cc3Cl)c2)ccc1[N+](=O)[O-]. The van der Waals surface area contributed by atoms with Crippen LogP contribution in [0.1, 0.15) is 16.8 Å². The quantitative estimate of drug-likeness (QED) is 0.260. The van der Waals surface area contributed by atoms with Gasteiger partial charge in [-0.2, -0.15) is 0 Å². The topological polar surface area (TPSA) is 136 Å². The van der Waals surface area contributed by atoms with Crippen LogP contribution in [0.15, 0.2) is 42.7 Å². The molecule has 0 spiro atoms. The molecule has 30 heavy (non-hydrogen) atoms. The molecule has 3 aromatic rings. The van der Waals surface area contributed by atoms with Crippen molar-refractivity contribution in [1.29, 1.82) is 0 Å². The average Bonchev–Trinajstić information content (AvgIpc) is 3.09. The molecule has 1 aromatic carbocycles. The van der Waals surface area contributed by atoms with Crippen molar-refractivity contribution in [1.82, 2.24) is 9.55 Å². The fourth-order valence-corrected chi connectivity index (χ4v) is 3.44. The number of carbonyl (C=O) groups is 1. The Hall–Kier alpha value is -3.30. The predicted octanol–water partition coefficient (Wildman–Crippen LogP) is 4.55. The van der Waals surface area contributed by atoms with Crippen molar-refractivity contribution in [3.05, 3.63) is 68.4 Å². The highest BCUT2D eigenvalue weighted by Gasteiger charge is 2.17. The summed E-state index contributed by atoms with van der Waals surface area (Å²) in [5, 5.41) is 24.2. The summed E-state index contributed by atoms with van der Waals surface area (Å²) in [6.07, 6.45) is 3.91. The Morgan fingerprint density at radius 2 is 2.00 bits per heavy atom. The molecule has 11 heteroatoms. The molecular weight excluding hydrogens is 433 g/mol. The molecular formula is C19H17Cl2N5O4. The van der Waals surface area contributed by atoms with Crippen molar-refractivity contribution in [2.45, 2.75) is 13.0 Å². The number of nitrogens with zero attached hydrogens (tertiary/aromatic N) is 3.